The highest BCUT2D eigenvalue weighted by Gasteiger charge is 2.36. The van der Waals surface area contributed by atoms with Crippen LogP contribution in [0.1, 0.15) is 71.1 Å². The van der Waals surface area contributed by atoms with Gasteiger partial charge in [0, 0.05) is 19.4 Å². The minimum atomic E-state index is -0.642. The molecule has 2 aromatic rings. The van der Waals surface area contributed by atoms with Gasteiger partial charge in [0.1, 0.15) is 5.75 Å². The summed E-state index contributed by atoms with van der Waals surface area (Å²) >= 11 is 0. The molecule has 0 fully saturated rings. The molecule has 3 nitrogen and oxygen atoms in total. The highest BCUT2D eigenvalue weighted by Crippen LogP contribution is 2.36. The molecule has 0 spiro atoms. The molecule has 0 aliphatic carbocycles. The number of nitrogens with zero attached hydrogens (tertiary/aromatic N) is 1. The van der Waals surface area contributed by atoms with Gasteiger partial charge in [-0.1, -0.05) is 70.2 Å². The van der Waals surface area contributed by atoms with Gasteiger partial charge in [-0.15, -0.1) is 0 Å². The number of hydrogen-bond acceptors (Lipinski definition) is 3. The van der Waals surface area contributed by atoms with Crippen molar-refractivity contribution in [1.29, 1.82) is 0 Å². The average molecular weight is 412 g/mol. The fraction of sp³-hybridized carbons (Fsp3) is 0.556. The molecule has 0 amide bonds. The molecule has 0 aliphatic rings. The smallest absolute Gasteiger partial charge is 0.211 e. The quantitative estimate of drug-likeness (QED) is 0.348. The number of rotatable bonds is 12. The molecule has 0 N–H and O–H groups in total. The number of hydrogen-bond donors (Lipinski definition) is 0. The van der Waals surface area contributed by atoms with E-state index >= 15 is 0 Å². The Kier molecular flexibility index (Phi) is 9.38. The van der Waals surface area contributed by atoms with Crippen LogP contribution in [-0.4, -0.2) is 24.8 Å². The zero-order valence-corrected chi connectivity index (χ0v) is 20.0. The Hall–Kier alpha value is -1.84. The number of ether oxygens (including phenoxy) is 2. The largest absolute Gasteiger partial charge is 0.462 e. The molecule has 0 radical (unpaired) electrons. The maximum absolute atomic E-state index is 6.81. The van der Waals surface area contributed by atoms with Gasteiger partial charge in [0.25, 0.3) is 0 Å². The van der Waals surface area contributed by atoms with Gasteiger partial charge in [0.05, 0.1) is 6.10 Å². The van der Waals surface area contributed by atoms with Crippen molar-refractivity contribution in [2.75, 3.05) is 14.1 Å². The normalized spacial score (nSPS) is 14.9. The predicted octanol–water partition coefficient (Wildman–Crippen LogP) is 7.08. The minimum Gasteiger partial charge on any atom is -0.462 e. The van der Waals surface area contributed by atoms with Crippen LogP contribution in [0.4, 0.5) is 0 Å². The lowest BCUT2D eigenvalue weighted by atomic mass is 9.94. The van der Waals surface area contributed by atoms with Crippen molar-refractivity contribution in [3.63, 3.8) is 0 Å². The van der Waals surface area contributed by atoms with Gasteiger partial charge in [-0.3, -0.25) is 0 Å². The van der Waals surface area contributed by atoms with Crippen molar-refractivity contribution < 1.29 is 9.47 Å². The van der Waals surface area contributed by atoms with Gasteiger partial charge >= 0.3 is 0 Å². The molecular weight excluding hydrogens is 370 g/mol. The van der Waals surface area contributed by atoms with E-state index < -0.39 is 5.79 Å². The van der Waals surface area contributed by atoms with E-state index in [9.17, 15) is 0 Å². The lowest BCUT2D eigenvalue weighted by Gasteiger charge is -2.38. The molecule has 30 heavy (non-hydrogen) atoms. The molecule has 0 bridgehead atoms. The summed E-state index contributed by atoms with van der Waals surface area (Å²) < 4.78 is 13.4. The van der Waals surface area contributed by atoms with Gasteiger partial charge in [0.2, 0.25) is 5.79 Å². The van der Waals surface area contributed by atoms with E-state index in [1.807, 2.05) is 30.3 Å². The van der Waals surface area contributed by atoms with Gasteiger partial charge in [0.15, 0.2) is 0 Å². The van der Waals surface area contributed by atoms with Crippen molar-refractivity contribution in [2.24, 2.45) is 11.8 Å². The Morgan fingerprint density at radius 3 is 2.17 bits per heavy atom. The summed E-state index contributed by atoms with van der Waals surface area (Å²) in [5.41, 5.74) is 2.50. The van der Waals surface area contributed by atoms with E-state index in [0.29, 0.717) is 11.8 Å². The molecule has 0 aliphatic heterocycles. The maximum Gasteiger partial charge on any atom is 0.211 e. The first-order valence-corrected chi connectivity index (χ1v) is 11.3. The van der Waals surface area contributed by atoms with Gasteiger partial charge < -0.3 is 14.4 Å². The van der Waals surface area contributed by atoms with Crippen molar-refractivity contribution in [3.05, 3.63) is 65.7 Å². The van der Waals surface area contributed by atoms with Crippen LogP contribution in [0.5, 0.6) is 5.75 Å². The summed E-state index contributed by atoms with van der Waals surface area (Å²) in [6, 6.07) is 18.8. The fourth-order valence-electron chi connectivity index (χ4n) is 3.86. The van der Waals surface area contributed by atoms with E-state index in [4.69, 9.17) is 9.47 Å². The molecular formula is C27H41NO2. The third-order valence-electron chi connectivity index (χ3n) is 5.18. The standard InChI is InChI=1S/C27H41NO2/c1-21(2)16-17-27(19-22(3)4,30-26-14-9-8-10-15-26)29-23(5)25-13-11-12-24(18-25)20-28(6)7/h8-15,18,21-23H,16-17,19-20H2,1-7H3. The SMILES string of the molecule is CC(C)CCC(CC(C)C)(Oc1ccccc1)OC(C)c1cccc(CN(C)C)c1. The maximum atomic E-state index is 6.81. The molecule has 3 heteroatoms. The second-order valence-electron chi connectivity index (χ2n) is 9.60. The minimum absolute atomic E-state index is 0.0539. The molecule has 166 valence electrons. The van der Waals surface area contributed by atoms with Gasteiger partial charge in [-0.05, 0) is 62.5 Å². The lowest BCUT2D eigenvalue weighted by Crippen LogP contribution is -2.42. The third kappa shape index (κ3) is 8.12. The Labute approximate surface area is 184 Å². The van der Waals surface area contributed by atoms with Crippen molar-refractivity contribution in [1.82, 2.24) is 4.90 Å². The first kappa shape index (κ1) is 24.4. The molecule has 0 saturated heterocycles. The monoisotopic (exact) mass is 411 g/mol. The second-order valence-corrected chi connectivity index (χ2v) is 9.60. The van der Waals surface area contributed by atoms with Crippen LogP contribution in [0.25, 0.3) is 0 Å². The van der Waals surface area contributed by atoms with E-state index in [1.165, 1.54) is 11.1 Å². The molecule has 0 aromatic heterocycles. The van der Waals surface area contributed by atoms with Crippen LogP contribution in [0, 0.1) is 11.8 Å². The topological polar surface area (TPSA) is 21.7 Å². The second kappa shape index (κ2) is 11.5. The van der Waals surface area contributed by atoms with E-state index in [-0.39, 0.29) is 6.10 Å². The highest BCUT2D eigenvalue weighted by molar-refractivity contribution is 5.25. The Morgan fingerprint density at radius 2 is 1.57 bits per heavy atom. The first-order valence-electron chi connectivity index (χ1n) is 11.3. The highest BCUT2D eigenvalue weighted by atomic mass is 16.7. The van der Waals surface area contributed by atoms with Gasteiger partial charge in [-0.2, -0.15) is 0 Å². The molecule has 0 saturated carbocycles. The summed E-state index contributed by atoms with van der Waals surface area (Å²) in [5.74, 6) is 1.29. The van der Waals surface area contributed by atoms with Crippen LogP contribution in [-0.2, 0) is 11.3 Å². The van der Waals surface area contributed by atoms with E-state index in [2.05, 4.69) is 77.9 Å². The summed E-state index contributed by atoms with van der Waals surface area (Å²) in [5, 5.41) is 0. The van der Waals surface area contributed by atoms with Gasteiger partial charge in [-0.25, -0.2) is 0 Å². The summed E-state index contributed by atoms with van der Waals surface area (Å²) in [4.78, 5) is 2.19. The molecule has 2 unspecified atom stereocenters. The molecule has 0 heterocycles. The summed E-state index contributed by atoms with van der Waals surface area (Å²) in [7, 11) is 4.19. The fourth-order valence-corrected chi connectivity index (χ4v) is 3.86. The van der Waals surface area contributed by atoms with E-state index in [1.54, 1.807) is 0 Å². The lowest BCUT2D eigenvalue weighted by molar-refractivity contribution is -0.224. The first-order chi connectivity index (χ1) is 14.2. The average Bonchev–Trinajstić information content (AvgIpc) is 2.66. The van der Waals surface area contributed by atoms with Crippen LogP contribution >= 0.6 is 0 Å². The van der Waals surface area contributed by atoms with Crippen LogP contribution in [0.2, 0.25) is 0 Å². The van der Waals surface area contributed by atoms with Crippen LogP contribution < -0.4 is 4.74 Å². The van der Waals surface area contributed by atoms with Crippen molar-refractivity contribution in [2.45, 2.75) is 72.3 Å². The van der Waals surface area contributed by atoms with Crippen LogP contribution in [0.3, 0.4) is 0 Å². The third-order valence-corrected chi connectivity index (χ3v) is 5.18. The molecule has 2 rings (SSSR count). The van der Waals surface area contributed by atoms with Crippen LogP contribution in [0.15, 0.2) is 54.6 Å². The predicted molar refractivity (Wildman–Crippen MR) is 127 cm³/mol. The number of benzene rings is 2. The zero-order valence-electron chi connectivity index (χ0n) is 20.0. The van der Waals surface area contributed by atoms with E-state index in [0.717, 1.165) is 31.6 Å². The Bertz CT molecular complexity index is 742. The summed E-state index contributed by atoms with van der Waals surface area (Å²) in [6.07, 6.45) is 2.74. The summed E-state index contributed by atoms with van der Waals surface area (Å²) in [6.45, 7) is 12.1. The van der Waals surface area contributed by atoms with Crippen molar-refractivity contribution >= 4 is 0 Å². The molecule has 2 aromatic carbocycles. The number of para-hydroxylation sites is 1. The van der Waals surface area contributed by atoms with Crippen molar-refractivity contribution in [3.8, 4) is 5.75 Å². The molecule has 2 atom stereocenters. The zero-order chi connectivity index (χ0) is 22.1. The Balaban J connectivity index is 2.31. The Morgan fingerprint density at radius 1 is 0.867 bits per heavy atom.